The largest absolute Gasteiger partial charge is 0.340 e. The maximum atomic E-state index is 12.3. The van der Waals surface area contributed by atoms with Crippen molar-refractivity contribution in [1.82, 2.24) is 10.2 Å². The Morgan fingerprint density at radius 1 is 1.32 bits per heavy atom. The van der Waals surface area contributed by atoms with Crippen molar-refractivity contribution < 1.29 is 13.2 Å². The molecule has 0 aromatic heterocycles. The fourth-order valence-electron chi connectivity index (χ4n) is 2.72. The molecule has 2 fully saturated rings. The molecular weight excluding hydrogens is 284 g/mol. The van der Waals surface area contributed by atoms with Crippen molar-refractivity contribution in [3.63, 3.8) is 0 Å². The van der Waals surface area contributed by atoms with Crippen LogP contribution in [0.25, 0.3) is 0 Å². The van der Waals surface area contributed by atoms with Crippen LogP contribution in [0.15, 0.2) is 0 Å². The Hall–Kier alpha value is -0.270. The molecule has 0 aliphatic carbocycles. The van der Waals surface area contributed by atoms with E-state index >= 15 is 0 Å². The average molecular weight is 306 g/mol. The van der Waals surface area contributed by atoms with Gasteiger partial charge in [-0.05, 0) is 0 Å². The van der Waals surface area contributed by atoms with E-state index < -0.39 is 9.84 Å². The minimum Gasteiger partial charge on any atom is -0.340 e. The van der Waals surface area contributed by atoms with Crippen LogP contribution in [0.3, 0.4) is 0 Å². The molecule has 1 amide bonds. The van der Waals surface area contributed by atoms with Gasteiger partial charge in [0.1, 0.15) is 0 Å². The summed E-state index contributed by atoms with van der Waals surface area (Å²) in [7, 11) is -2.97. The summed E-state index contributed by atoms with van der Waals surface area (Å²) < 4.78 is 23.1. The lowest BCUT2D eigenvalue weighted by Gasteiger charge is -2.35. The van der Waals surface area contributed by atoms with Gasteiger partial charge in [-0.15, -0.1) is 0 Å². The van der Waals surface area contributed by atoms with E-state index in [0.29, 0.717) is 23.5 Å². The minimum atomic E-state index is -2.97. The minimum absolute atomic E-state index is 0.0774. The van der Waals surface area contributed by atoms with Gasteiger partial charge in [0.15, 0.2) is 9.84 Å². The smallest absolute Gasteiger partial charge is 0.224 e. The first-order chi connectivity index (χ1) is 8.85. The van der Waals surface area contributed by atoms with Crippen LogP contribution >= 0.6 is 11.8 Å². The number of thioether (sulfide) groups is 1. The highest BCUT2D eigenvalue weighted by Gasteiger charge is 2.30. The monoisotopic (exact) mass is 306 g/mol. The number of carbonyl (C=O) groups excluding carboxylic acids is 1. The fourth-order valence-corrected chi connectivity index (χ4v) is 5.49. The summed E-state index contributed by atoms with van der Waals surface area (Å²) in [5.74, 6) is 0.354. The number of amides is 1. The molecule has 3 unspecified atom stereocenters. The van der Waals surface area contributed by atoms with E-state index in [1.165, 1.54) is 0 Å². The quantitative estimate of drug-likeness (QED) is 0.785. The van der Waals surface area contributed by atoms with Gasteiger partial charge in [-0.1, -0.05) is 13.8 Å². The summed E-state index contributed by atoms with van der Waals surface area (Å²) in [6.07, 6.45) is 0.295. The van der Waals surface area contributed by atoms with E-state index in [4.69, 9.17) is 0 Å². The lowest BCUT2D eigenvalue weighted by atomic mass is 10.2. The summed E-state index contributed by atoms with van der Waals surface area (Å²) in [5.41, 5.74) is 0. The molecular formula is C12H22N2O3S2. The van der Waals surface area contributed by atoms with Gasteiger partial charge in [0, 0.05) is 42.6 Å². The first-order valence-electron chi connectivity index (χ1n) is 6.73. The predicted octanol–water partition coefficient (Wildman–Crippen LogP) is 0.116. The maximum Gasteiger partial charge on any atom is 0.224 e. The molecule has 0 spiro atoms. The lowest BCUT2D eigenvalue weighted by molar-refractivity contribution is -0.131. The SMILES string of the molecule is CC1CN(C(=O)CC2CS(=O)(=O)CCN2)CC(C)S1. The van der Waals surface area contributed by atoms with E-state index in [1.54, 1.807) is 0 Å². The second-order valence-corrected chi connectivity index (χ2v) is 9.64. The number of hydrogen-bond donors (Lipinski definition) is 1. The van der Waals surface area contributed by atoms with Gasteiger partial charge >= 0.3 is 0 Å². The summed E-state index contributed by atoms with van der Waals surface area (Å²) in [4.78, 5) is 14.1. The molecule has 1 N–H and O–H groups in total. The molecule has 2 saturated heterocycles. The molecule has 110 valence electrons. The van der Waals surface area contributed by atoms with Crippen molar-refractivity contribution in [2.75, 3.05) is 31.1 Å². The van der Waals surface area contributed by atoms with Gasteiger partial charge in [0.2, 0.25) is 5.91 Å². The molecule has 2 aliphatic heterocycles. The third-order valence-corrected chi connectivity index (χ3v) is 6.46. The molecule has 0 aromatic rings. The van der Waals surface area contributed by atoms with Gasteiger partial charge in [0.25, 0.3) is 0 Å². The number of rotatable bonds is 2. The van der Waals surface area contributed by atoms with Crippen LogP contribution < -0.4 is 5.32 Å². The highest BCUT2D eigenvalue weighted by molar-refractivity contribution is 8.00. The molecule has 2 heterocycles. The van der Waals surface area contributed by atoms with Crippen molar-refractivity contribution in [1.29, 1.82) is 0 Å². The Morgan fingerprint density at radius 2 is 1.95 bits per heavy atom. The van der Waals surface area contributed by atoms with E-state index in [1.807, 2.05) is 16.7 Å². The van der Waals surface area contributed by atoms with Crippen LogP contribution in [0.5, 0.6) is 0 Å². The van der Waals surface area contributed by atoms with Gasteiger partial charge < -0.3 is 10.2 Å². The number of nitrogens with one attached hydrogen (secondary N) is 1. The van der Waals surface area contributed by atoms with E-state index in [2.05, 4.69) is 19.2 Å². The van der Waals surface area contributed by atoms with E-state index in [-0.39, 0.29) is 23.5 Å². The Kier molecular flexibility index (Phi) is 4.79. The number of sulfone groups is 1. The third-order valence-electron chi connectivity index (χ3n) is 3.49. The van der Waals surface area contributed by atoms with Crippen molar-refractivity contribution in [2.45, 2.75) is 36.8 Å². The average Bonchev–Trinajstić information content (AvgIpc) is 2.26. The van der Waals surface area contributed by atoms with Gasteiger partial charge in [0.05, 0.1) is 11.5 Å². The van der Waals surface area contributed by atoms with E-state index in [0.717, 1.165) is 13.1 Å². The van der Waals surface area contributed by atoms with Crippen molar-refractivity contribution in [3.05, 3.63) is 0 Å². The van der Waals surface area contributed by atoms with Crippen LogP contribution in [-0.4, -0.2) is 66.9 Å². The zero-order chi connectivity index (χ0) is 14.0. The Morgan fingerprint density at radius 3 is 2.53 bits per heavy atom. The molecule has 0 aromatic carbocycles. The van der Waals surface area contributed by atoms with Crippen LogP contribution in [0.1, 0.15) is 20.3 Å². The molecule has 0 bridgehead atoms. The second kappa shape index (κ2) is 6.01. The Labute approximate surface area is 119 Å². The van der Waals surface area contributed by atoms with Crippen LogP contribution in [0.2, 0.25) is 0 Å². The molecule has 5 nitrogen and oxygen atoms in total. The highest BCUT2D eigenvalue weighted by atomic mass is 32.2. The van der Waals surface area contributed by atoms with Gasteiger partial charge in [-0.3, -0.25) is 4.79 Å². The number of carbonyl (C=O) groups is 1. The van der Waals surface area contributed by atoms with Gasteiger partial charge in [-0.25, -0.2) is 8.42 Å². The zero-order valence-corrected chi connectivity index (χ0v) is 13.1. The maximum absolute atomic E-state index is 12.3. The molecule has 2 aliphatic rings. The van der Waals surface area contributed by atoms with E-state index in [9.17, 15) is 13.2 Å². The molecule has 3 atom stereocenters. The van der Waals surface area contributed by atoms with Crippen LogP contribution in [0.4, 0.5) is 0 Å². The molecule has 2 rings (SSSR count). The molecule has 0 radical (unpaired) electrons. The summed E-state index contributed by atoms with van der Waals surface area (Å²) >= 11 is 1.90. The van der Waals surface area contributed by atoms with Crippen molar-refractivity contribution in [2.24, 2.45) is 0 Å². The van der Waals surface area contributed by atoms with Crippen molar-refractivity contribution >= 4 is 27.5 Å². The normalized spacial score (nSPS) is 35.1. The topological polar surface area (TPSA) is 66.5 Å². The predicted molar refractivity (Wildman–Crippen MR) is 78.2 cm³/mol. The van der Waals surface area contributed by atoms with Gasteiger partial charge in [-0.2, -0.15) is 11.8 Å². The highest BCUT2D eigenvalue weighted by Crippen LogP contribution is 2.25. The molecule has 7 heteroatoms. The second-order valence-electron chi connectivity index (χ2n) is 5.53. The Bertz CT molecular complexity index is 428. The summed E-state index contributed by atoms with van der Waals surface area (Å²) in [5, 5.41) is 4.04. The molecule has 0 saturated carbocycles. The van der Waals surface area contributed by atoms with Crippen molar-refractivity contribution in [3.8, 4) is 0 Å². The number of hydrogen-bond acceptors (Lipinski definition) is 5. The number of nitrogens with zero attached hydrogens (tertiary/aromatic N) is 1. The summed E-state index contributed by atoms with van der Waals surface area (Å²) in [6, 6.07) is -0.216. The standard InChI is InChI=1S/C12H22N2O3S2/c1-9-6-14(7-10(2)18-9)12(15)5-11-8-19(16,17)4-3-13-11/h9-11,13H,3-8H2,1-2H3. The Balaban J connectivity index is 1.90. The first kappa shape index (κ1) is 15.1. The fraction of sp³-hybridized carbons (Fsp3) is 0.917. The lowest BCUT2D eigenvalue weighted by Crippen LogP contribution is -2.50. The van der Waals surface area contributed by atoms with Crippen LogP contribution in [-0.2, 0) is 14.6 Å². The first-order valence-corrected chi connectivity index (χ1v) is 9.49. The third kappa shape index (κ3) is 4.36. The molecule has 19 heavy (non-hydrogen) atoms. The van der Waals surface area contributed by atoms with Crippen LogP contribution in [0, 0.1) is 0 Å². The summed E-state index contributed by atoms with van der Waals surface area (Å²) in [6.45, 7) is 6.26. The zero-order valence-electron chi connectivity index (χ0n) is 11.5.